The van der Waals surface area contributed by atoms with Gasteiger partial charge in [-0.3, -0.25) is 4.79 Å². The van der Waals surface area contributed by atoms with E-state index in [-0.39, 0.29) is 5.91 Å². The molecule has 0 atom stereocenters. The normalized spacial score (nSPS) is 20.1. The fourth-order valence-corrected chi connectivity index (χ4v) is 0.791. The lowest BCUT2D eigenvalue weighted by Gasteiger charge is -2.07. The van der Waals surface area contributed by atoms with Gasteiger partial charge in [0, 0.05) is 13.0 Å². The van der Waals surface area contributed by atoms with E-state index in [4.69, 9.17) is 5.11 Å². The van der Waals surface area contributed by atoms with Crippen LogP contribution in [-0.2, 0) is 4.79 Å². The number of nitrogens with zero attached hydrogens (tertiary/aromatic N) is 1. The third kappa shape index (κ3) is 0.816. The second kappa shape index (κ2) is 2.13. The number of rotatable bonds is 1. The van der Waals surface area contributed by atoms with Crippen molar-refractivity contribution in [2.45, 2.75) is 12.8 Å². The van der Waals surface area contributed by atoms with Crippen molar-refractivity contribution in [3.05, 3.63) is 6.73 Å². The summed E-state index contributed by atoms with van der Waals surface area (Å²) < 4.78 is 0. The van der Waals surface area contributed by atoms with Crippen LogP contribution in [0.15, 0.2) is 0 Å². The van der Waals surface area contributed by atoms with Crippen LogP contribution in [0, 0.1) is 6.73 Å². The molecule has 1 amide bonds. The first-order valence-corrected chi connectivity index (χ1v) is 2.61. The molecule has 3 nitrogen and oxygen atoms in total. The molecule has 1 fully saturated rings. The third-order valence-corrected chi connectivity index (χ3v) is 1.25. The Morgan fingerprint density at radius 1 is 1.75 bits per heavy atom. The zero-order valence-corrected chi connectivity index (χ0v) is 4.50. The van der Waals surface area contributed by atoms with Crippen LogP contribution in [0.5, 0.6) is 0 Å². The number of likely N-dealkylation sites (tertiary alicyclic amines) is 1. The smallest absolute Gasteiger partial charge is 0.224 e. The number of hydrogen-bond donors (Lipinski definition) is 1. The van der Waals surface area contributed by atoms with Gasteiger partial charge in [0.25, 0.3) is 0 Å². The SMILES string of the molecule is O=C1CCCN1[CH]O. The zero-order chi connectivity index (χ0) is 5.98. The molecular weight excluding hydrogens is 106 g/mol. The molecule has 1 saturated heterocycles. The molecule has 0 saturated carbocycles. The van der Waals surface area contributed by atoms with Crippen molar-refractivity contribution in [1.82, 2.24) is 4.90 Å². The van der Waals surface area contributed by atoms with Gasteiger partial charge in [0.05, 0.1) is 0 Å². The predicted molar refractivity (Wildman–Crippen MR) is 27.2 cm³/mol. The van der Waals surface area contributed by atoms with Gasteiger partial charge in [-0.15, -0.1) is 0 Å². The summed E-state index contributed by atoms with van der Waals surface area (Å²) in [7, 11) is 0. The summed E-state index contributed by atoms with van der Waals surface area (Å²) in [6, 6.07) is 0. The van der Waals surface area contributed by atoms with E-state index < -0.39 is 0 Å². The second-order valence-corrected chi connectivity index (χ2v) is 1.81. The van der Waals surface area contributed by atoms with Gasteiger partial charge in [0.1, 0.15) is 0 Å². The van der Waals surface area contributed by atoms with Gasteiger partial charge in [-0.05, 0) is 6.42 Å². The average molecular weight is 114 g/mol. The Bertz CT molecular complexity index is 103. The first-order chi connectivity index (χ1) is 3.84. The molecule has 0 bridgehead atoms. The van der Waals surface area contributed by atoms with Crippen LogP contribution >= 0.6 is 0 Å². The minimum atomic E-state index is 0.0208. The van der Waals surface area contributed by atoms with Crippen LogP contribution in [0.1, 0.15) is 12.8 Å². The number of amides is 1. The predicted octanol–water partition coefficient (Wildman–Crippen LogP) is 0.101. The van der Waals surface area contributed by atoms with Crippen molar-refractivity contribution >= 4 is 5.91 Å². The summed E-state index contributed by atoms with van der Waals surface area (Å²) in [5, 5.41) is 8.32. The molecule has 1 aliphatic heterocycles. The summed E-state index contributed by atoms with van der Waals surface area (Å²) >= 11 is 0. The Morgan fingerprint density at radius 3 is 2.75 bits per heavy atom. The first kappa shape index (κ1) is 5.56. The Kier molecular flexibility index (Phi) is 1.48. The molecule has 8 heavy (non-hydrogen) atoms. The van der Waals surface area contributed by atoms with Gasteiger partial charge in [-0.1, -0.05) is 0 Å². The van der Waals surface area contributed by atoms with Crippen LogP contribution in [0.2, 0.25) is 0 Å². The molecule has 1 radical (unpaired) electrons. The third-order valence-electron chi connectivity index (χ3n) is 1.25. The highest BCUT2D eigenvalue weighted by Crippen LogP contribution is 2.08. The van der Waals surface area contributed by atoms with Gasteiger partial charge >= 0.3 is 0 Å². The number of carbonyl (C=O) groups is 1. The minimum Gasteiger partial charge on any atom is -0.369 e. The van der Waals surface area contributed by atoms with Crippen LogP contribution in [0.25, 0.3) is 0 Å². The van der Waals surface area contributed by atoms with E-state index in [9.17, 15) is 4.79 Å². The first-order valence-electron chi connectivity index (χ1n) is 2.61. The van der Waals surface area contributed by atoms with Crippen molar-refractivity contribution in [2.24, 2.45) is 0 Å². The summed E-state index contributed by atoms with van der Waals surface area (Å²) in [5.41, 5.74) is 0. The van der Waals surface area contributed by atoms with E-state index in [1.807, 2.05) is 0 Å². The topological polar surface area (TPSA) is 40.5 Å². The molecule has 3 heteroatoms. The molecule has 1 aliphatic rings. The van der Waals surface area contributed by atoms with E-state index in [0.29, 0.717) is 13.0 Å². The summed E-state index contributed by atoms with van der Waals surface area (Å²) in [4.78, 5) is 11.9. The van der Waals surface area contributed by atoms with Crippen molar-refractivity contribution < 1.29 is 9.90 Å². The van der Waals surface area contributed by atoms with Crippen molar-refractivity contribution in [2.75, 3.05) is 6.54 Å². The zero-order valence-electron chi connectivity index (χ0n) is 4.50. The van der Waals surface area contributed by atoms with Gasteiger partial charge in [0.2, 0.25) is 5.91 Å². The molecule has 45 valence electrons. The van der Waals surface area contributed by atoms with E-state index in [2.05, 4.69) is 0 Å². The Labute approximate surface area is 47.9 Å². The maximum absolute atomic E-state index is 10.5. The molecule has 1 rings (SSSR count). The summed E-state index contributed by atoms with van der Waals surface area (Å²) in [6.45, 7) is 1.52. The minimum absolute atomic E-state index is 0.0208. The fraction of sp³-hybridized carbons (Fsp3) is 0.600. The van der Waals surface area contributed by atoms with E-state index in [0.717, 1.165) is 13.2 Å². The molecule has 0 aliphatic carbocycles. The Hall–Kier alpha value is -0.570. The standard InChI is InChI=1S/C5H8NO2/c7-4-6-3-1-2-5(6)8/h4,7H,1-3H2. The number of hydrogen-bond acceptors (Lipinski definition) is 2. The molecule has 1 heterocycles. The highest BCUT2D eigenvalue weighted by molar-refractivity contribution is 5.78. The lowest BCUT2D eigenvalue weighted by Crippen LogP contribution is -2.20. The highest BCUT2D eigenvalue weighted by atomic mass is 16.3. The van der Waals surface area contributed by atoms with Crippen molar-refractivity contribution in [1.29, 1.82) is 0 Å². The molecular formula is C5H8NO2. The Morgan fingerprint density at radius 2 is 2.50 bits per heavy atom. The van der Waals surface area contributed by atoms with Crippen LogP contribution in [0.3, 0.4) is 0 Å². The maximum atomic E-state index is 10.5. The van der Waals surface area contributed by atoms with Gasteiger partial charge in [0.15, 0.2) is 6.73 Å². The lowest BCUT2D eigenvalue weighted by molar-refractivity contribution is -0.128. The van der Waals surface area contributed by atoms with Crippen LogP contribution in [-0.4, -0.2) is 22.5 Å². The summed E-state index contributed by atoms with van der Waals surface area (Å²) in [6.07, 6.45) is 1.45. The molecule has 0 aromatic heterocycles. The van der Waals surface area contributed by atoms with E-state index in [1.54, 1.807) is 0 Å². The molecule has 0 unspecified atom stereocenters. The average Bonchev–Trinajstić information content (AvgIpc) is 2.14. The molecule has 0 aromatic carbocycles. The molecule has 1 N–H and O–H groups in total. The number of aliphatic hydroxyl groups is 1. The van der Waals surface area contributed by atoms with E-state index in [1.165, 1.54) is 4.90 Å². The van der Waals surface area contributed by atoms with Gasteiger partial charge < -0.3 is 10.0 Å². The maximum Gasteiger partial charge on any atom is 0.224 e. The van der Waals surface area contributed by atoms with Gasteiger partial charge in [-0.2, -0.15) is 0 Å². The van der Waals surface area contributed by atoms with Crippen LogP contribution < -0.4 is 0 Å². The lowest BCUT2D eigenvalue weighted by atomic mass is 10.4. The highest BCUT2D eigenvalue weighted by Gasteiger charge is 2.18. The fourth-order valence-electron chi connectivity index (χ4n) is 0.791. The molecule has 0 aromatic rings. The molecule has 0 spiro atoms. The number of carbonyl (C=O) groups excluding carboxylic acids is 1. The van der Waals surface area contributed by atoms with Crippen molar-refractivity contribution in [3.8, 4) is 0 Å². The summed E-state index contributed by atoms with van der Waals surface area (Å²) in [5.74, 6) is 0.0208. The van der Waals surface area contributed by atoms with Gasteiger partial charge in [-0.25, -0.2) is 0 Å². The monoisotopic (exact) mass is 114 g/mol. The second-order valence-electron chi connectivity index (χ2n) is 1.81. The largest absolute Gasteiger partial charge is 0.369 e. The quantitative estimate of drug-likeness (QED) is 0.525. The number of aliphatic hydroxyl groups excluding tert-OH is 1. The Balaban J connectivity index is 2.42. The van der Waals surface area contributed by atoms with E-state index >= 15 is 0 Å². The van der Waals surface area contributed by atoms with Crippen molar-refractivity contribution in [3.63, 3.8) is 0 Å². The van der Waals surface area contributed by atoms with Crippen LogP contribution in [0.4, 0.5) is 0 Å².